The van der Waals surface area contributed by atoms with Crippen LogP contribution in [0.1, 0.15) is 0 Å². The fraction of sp³-hybridized carbons (Fsp3) is 0.385. The number of rotatable bonds is 3. The van der Waals surface area contributed by atoms with Gasteiger partial charge in [-0.05, 0) is 18.2 Å². The number of nitrogens with zero attached hydrogens (tertiary/aromatic N) is 2. The van der Waals surface area contributed by atoms with Crippen LogP contribution in [0, 0.1) is 5.82 Å². The normalized spacial score (nSPS) is 15.3. The standard InChI is InChI=1S/C13H17FN4O2.HI/c14-10-2-1-3-11(8-10)17-12(19)9-16-13(15)18-4-6-20-7-5-18;/h1-3,8H,4-7,9H2,(H2,15,16)(H,17,19);1H. The zero-order valence-electron chi connectivity index (χ0n) is 11.4. The molecule has 1 aliphatic heterocycles. The van der Waals surface area contributed by atoms with Gasteiger partial charge in [0.15, 0.2) is 5.96 Å². The Morgan fingerprint density at radius 3 is 2.81 bits per heavy atom. The fourth-order valence-corrected chi connectivity index (χ4v) is 1.81. The van der Waals surface area contributed by atoms with Crippen molar-refractivity contribution in [3.8, 4) is 0 Å². The Morgan fingerprint density at radius 1 is 1.43 bits per heavy atom. The average Bonchev–Trinajstić information content (AvgIpc) is 2.46. The van der Waals surface area contributed by atoms with Gasteiger partial charge in [-0.25, -0.2) is 9.38 Å². The molecule has 0 bridgehead atoms. The number of anilines is 1. The molecule has 0 unspecified atom stereocenters. The minimum Gasteiger partial charge on any atom is -0.378 e. The van der Waals surface area contributed by atoms with Gasteiger partial charge in [0.25, 0.3) is 0 Å². The van der Waals surface area contributed by atoms with Gasteiger partial charge < -0.3 is 20.7 Å². The van der Waals surface area contributed by atoms with Gasteiger partial charge in [0.1, 0.15) is 12.4 Å². The topological polar surface area (TPSA) is 79.9 Å². The van der Waals surface area contributed by atoms with Gasteiger partial charge in [-0.15, -0.1) is 24.0 Å². The lowest BCUT2D eigenvalue weighted by Crippen LogP contribution is -2.45. The van der Waals surface area contributed by atoms with Crippen molar-refractivity contribution in [1.29, 1.82) is 0 Å². The first-order chi connectivity index (χ1) is 9.65. The number of amides is 1. The molecule has 0 aromatic heterocycles. The number of guanidine groups is 1. The Labute approximate surface area is 139 Å². The summed E-state index contributed by atoms with van der Waals surface area (Å²) < 4.78 is 18.2. The molecule has 21 heavy (non-hydrogen) atoms. The maximum atomic E-state index is 13.0. The van der Waals surface area contributed by atoms with Crippen LogP contribution in [0.15, 0.2) is 29.3 Å². The molecular weight excluding hydrogens is 390 g/mol. The average molecular weight is 408 g/mol. The second-order valence-electron chi connectivity index (χ2n) is 4.33. The summed E-state index contributed by atoms with van der Waals surface area (Å²) in [5.74, 6) is -0.423. The molecular formula is C13H18FIN4O2. The predicted octanol–water partition coefficient (Wildman–Crippen LogP) is 1.03. The molecule has 0 atom stereocenters. The van der Waals surface area contributed by atoms with E-state index >= 15 is 0 Å². The Morgan fingerprint density at radius 2 is 2.14 bits per heavy atom. The van der Waals surface area contributed by atoms with Gasteiger partial charge in [0.05, 0.1) is 13.2 Å². The van der Waals surface area contributed by atoms with E-state index in [1.165, 1.54) is 18.2 Å². The molecule has 8 heteroatoms. The lowest BCUT2D eigenvalue weighted by Gasteiger charge is -2.27. The summed E-state index contributed by atoms with van der Waals surface area (Å²) in [5, 5.41) is 2.56. The molecule has 0 radical (unpaired) electrons. The third kappa shape index (κ3) is 5.84. The molecule has 2 rings (SSSR count). The van der Waals surface area contributed by atoms with Crippen LogP contribution in [0.25, 0.3) is 0 Å². The van der Waals surface area contributed by atoms with E-state index in [2.05, 4.69) is 10.3 Å². The highest BCUT2D eigenvalue weighted by atomic mass is 127. The number of aliphatic imine (C=N–C) groups is 1. The van der Waals surface area contributed by atoms with Crippen LogP contribution in [-0.4, -0.2) is 49.6 Å². The minimum absolute atomic E-state index is 0. The first-order valence-electron chi connectivity index (χ1n) is 6.33. The maximum absolute atomic E-state index is 13.0. The van der Waals surface area contributed by atoms with Crippen molar-refractivity contribution in [3.05, 3.63) is 30.1 Å². The van der Waals surface area contributed by atoms with Crippen LogP contribution >= 0.6 is 24.0 Å². The summed E-state index contributed by atoms with van der Waals surface area (Å²) in [6, 6.07) is 5.68. The van der Waals surface area contributed by atoms with Crippen LogP contribution in [0.3, 0.4) is 0 Å². The Hall–Kier alpha value is -1.42. The smallest absolute Gasteiger partial charge is 0.246 e. The SMILES string of the molecule is I.NC(=NCC(=O)Nc1cccc(F)c1)N1CCOCC1. The number of hydrogen-bond donors (Lipinski definition) is 2. The van der Waals surface area contributed by atoms with Crippen LogP contribution in [-0.2, 0) is 9.53 Å². The number of carbonyl (C=O) groups is 1. The first-order valence-corrected chi connectivity index (χ1v) is 6.33. The molecule has 116 valence electrons. The summed E-state index contributed by atoms with van der Waals surface area (Å²) in [7, 11) is 0. The van der Waals surface area contributed by atoms with Crippen molar-refractivity contribution >= 4 is 41.5 Å². The van der Waals surface area contributed by atoms with E-state index in [9.17, 15) is 9.18 Å². The number of ether oxygens (including phenoxy) is 1. The van der Waals surface area contributed by atoms with Crippen molar-refractivity contribution in [1.82, 2.24) is 4.90 Å². The molecule has 1 heterocycles. The summed E-state index contributed by atoms with van der Waals surface area (Å²) in [6.07, 6.45) is 0. The van der Waals surface area contributed by atoms with E-state index in [1.807, 2.05) is 4.90 Å². The van der Waals surface area contributed by atoms with E-state index in [0.29, 0.717) is 38.0 Å². The minimum atomic E-state index is -0.404. The van der Waals surface area contributed by atoms with Gasteiger partial charge in [0, 0.05) is 18.8 Å². The number of morpholine rings is 1. The fourth-order valence-electron chi connectivity index (χ4n) is 1.81. The zero-order chi connectivity index (χ0) is 14.4. The molecule has 6 nitrogen and oxygen atoms in total. The van der Waals surface area contributed by atoms with Crippen molar-refractivity contribution in [2.75, 3.05) is 38.2 Å². The van der Waals surface area contributed by atoms with E-state index in [-0.39, 0.29) is 36.4 Å². The van der Waals surface area contributed by atoms with Crippen LogP contribution in [0.2, 0.25) is 0 Å². The second-order valence-corrected chi connectivity index (χ2v) is 4.33. The number of nitrogens with one attached hydrogen (secondary N) is 1. The van der Waals surface area contributed by atoms with E-state index < -0.39 is 5.82 Å². The van der Waals surface area contributed by atoms with Crippen molar-refractivity contribution in [2.24, 2.45) is 10.7 Å². The number of benzene rings is 1. The van der Waals surface area contributed by atoms with Crippen molar-refractivity contribution in [2.45, 2.75) is 0 Å². The van der Waals surface area contributed by atoms with Gasteiger partial charge in [-0.1, -0.05) is 6.07 Å². The third-order valence-corrected chi connectivity index (χ3v) is 2.83. The summed E-state index contributed by atoms with van der Waals surface area (Å²) in [5.41, 5.74) is 6.19. The molecule has 1 amide bonds. The van der Waals surface area contributed by atoms with Crippen LogP contribution in [0.5, 0.6) is 0 Å². The maximum Gasteiger partial charge on any atom is 0.246 e. The monoisotopic (exact) mass is 408 g/mol. The molecule has 1 aromatic carbocycles. The largest absolute Gasteiger partial charge is 0.378 e. The van der Waals surface area contributed by atoms with E-state index in [0.717, 1.165) is 0 Å². The molecule has 0 saturated carbocycles. The van der Waals surface area contributed by atoms with Crippen molar-refractivity contribution < 1.29 is 13.9 Å². The molecule has 1 aliphatic rings. The van der Waals surface area contributed by atoms with Crippen molar-refractivity contribution in [3.63, 3.8) is 0 Å². The molecule has 0 spiro atoms. The Bertz CT molecular complexity index is 507. The lowest BCUT2D eigenvalue weighted by atomic mass is 10.3. The van der Waals surface area contributed by atoms with E-state index in [1.54, 1.807) is 6.07 Å². The highest BCUT2D eigenvalue weighted by Gasteiger charge is 2.12. The molecule has 1 saturated heterocycles. The second kappa shape index (κ2) is 8.78. The highest BCUT2D eigenvalue weighted by molar-refractivity contribution is 14.0. The molecule has 1 fully saturated rings. The summed E-state index contributed by atoms with van der Waals surface area (Å²) >= 11 is 0. The van der Waals surface area contributed by atoms with Gasteiger partial charge in [-0.3, -0.25) is 4.79 Å². The quantitative estimate of drug-likeness (QED) is 0.445. The number of hydrogen-bond acceptors (Lipinski definition) is 3. The lowest BCUT2D eigenvalue weighted by molar-refractivity contribution is -0.114. The van der Waals surface area contributed by atoms with Gasteiger partial charge >= 0.3 is 0 Å². The van der Waals surface area contributed by atoms with Crippen LogP contribution in [0.4, 0.5) is 10.1 Å². The summed E-state index contributed by atoms with van der Waals surface area (Å²) in [6.45, 7) is 2.44. The molecule has 3 N–H and O–H groups in total. The Kier molecular flexibility index (Phi) is 7.37. The number of carbonyl (C=O) groups excluding carboxylic acids is 1. The predicted molar refractivity (Wildman–Crippen MR) is 89.3 cm³/mol. The molecule has 0 aliphatic carbocycles. The Balaban J connectivity index is 0.00000220. The number of halogens is 2. The molecule has 1 aromatic rings. The third-order valence-electron chi connectivity index (χ3n) is 2.83. The number of nitrogens with two attached hydrogens (primary N) is 1. The zero-order valence-corrected chi connectivity index (χ0v) is 13.7. The first kappa shape index (κ1) is 17.6. The van der Waals surface area contributed by atoms with E-state index in [4.69, 9.17) is 10.5 Å². The van der Waals surface area contributed by atoms with Gasteiger partial charge in [-0.2, -0.15) is 0 Å². The van der Waals surface area contributed by atoms with Gasteiger partial charge in [0.2, 0.25) is 5.91 Å². The van der Waals surface area contributed by atoms with Crippen LogP contribution < -0.4 is 11.1 Å². The highest BCUT2D eigenvalue weighted by Crippen LogP contribution is 2.08. The summed E-state index contributed by atoms with van der Waals surface area (Å²) in [4.78, 5) is 17.6.